The van der Waals surface area contributed by atoms with E-state index in [1.54, 1.807) is 55.6 Å². The van der Waals surface area contributed by atoms with Crippen LogP contribution in [-0.2, 0) is 11.3 Å². The van der Waals surface area contributed by atoms with E-state index in [0.29, 0.717) is 42.4 Å². The van der Waals surface area contributed by atoms with Crippen molar-refractivity contribution in [3.63, 3.8) is 0 Å². The van der Waals surface area contributed by atoms with E-state index in [1.807, 2.05) is 30.3 Å². The summed E-state index contributed by atoms with van der Waals surface area (Å²) in [6, 6.07) is 23.2. The Morgan fingerprint density at radius 1 is 0.742 bits per heavy atom. The number of methoxy groups -OCH3 is 1. The second kappa shape index (κ2) is 11.4. The minimum Gasteiger partial charge on any atom is -0.490 e. The second-order valence-corrected chi connectivity index (χ2v) is 6.54. The number of para-hydroxylation sites is 1. The van der Waals surface area contributed by atoms with Gasteiger partial charge in [0, 0.05) is 12.7 Å². The van der Waals surface area contributed by atoms with Crippen molar-refractivity contribution >= 4 is 11.8 Å². The molecular formula is C24H24N2O5. The fraction of sp³-hybridized carbons (Fsp3) is 0.167. The molecule has 0 aromatic heterocycles. The van der Waals surface area contributed by atoms with E-state index in [4.69, 9.17) is 14.2 Å². The third-order valence-electron chi connectivity index (χ3n) is 4.33. The zero-order valence-electron chi connectivity index (χ0n) is 17.2. The number of carbonyl (C=O) groups is 2. The maximum Gasteiger partial charge on any atom is 0.273 e. The van der Waals surface area contributed by atoms with Crippen LogP contribution in [-0.4, -0.2) is 32.1 Å². The number of hydrazine groups is 1. The molecule has 2 amide bonds. The molecule has 0 saturated carbocycles. The predicted octanol–water partition coefficient (Wildman–Crippen LogP) is 3.37. The van der Waals surface area contributed by atoms with Crippen LogP contribution in [0.4, 0.5) is 0 Å². The fourth-order valence-electron chi connectivity index (χ4n) is 2.71. The summed E-state index contributed by atoms with van der Waals surface area (Å²) in [5.41, 5.74) is 6.57. The topological polar surface area (TPSA) is 85.9 Å². The highest BCUT2D eigenvalue weighted by molar-refractivity contribution is 6.00. The molecule has 0 heterocycles. The summed E-state index contributed by atoms with van der Waals surface area (Å²) < 4.78 is 16.2. The molecule has 0 fully saturated rings. The van der Waals surface area contributed by atoms with Crippen LogP contribution in [0.2, 0.25) is 0 Å². The minimum absolute atomic E-state index is 0.309. The molecule has 3 aromatic rings. The van der Waals surface area contributed by atoms with Crippen LogP contribution in [0.5, 0.6) is 11.5 Å². The number of ether oxygens (including phenoxy) is 3. The number of carbonyl (C=O) groups excluding carboxylic acids is 2. The maximum absolute atomic E-state index is 12.5. The summed E-state index contributed by atoms with van der Waals surface area (Å²) in [5.74, 6) is 0.128. The van der Waals surface area contributed by atoms with Crippen molar-refractivity contribution in [1.82, 2.24) is 10.9 Å². The number of hydrogen-bond donors (Lipinski definition) is 2. The Morgan fingerprint density at radius 3 is 2.16 bits per heavy atom. The van der Waals surface area contributed by atoms with Gasteiger partial charge in [-0.25, -0.2) is 0 Å². The van der Waals surface area contributed by atoms with Gasteiger partial charge in [0.2, 0.25) is 0 Å². The first-order chi connectivity index (χ1) is 15.2. The number of nitrogens with one attached hydrogen (secondary N) is 2. The van der Waals surface area contributed by atoms with E-state index in [2.05, 4.69) is 10.9 Å². The van der Waals surface area contributed by atoms with Gasteiger partial charge in [0.05, 0.1) is 12.2 Å². The first kappa shape index (κ1) is 21.9. The highest BCUT2D eigenvalue weighted by Gasteiger charge is 2.13. The van der Waals surface area contributed by atoms with Crippen molar-refractivity contribution in [2.45, 2.75) is 6.61 Å². The van der Waals surface area contributed by atoms with Gasteiger partial charge in [-0.05, 0) is 42.0 Å². The lowest BCUT2D eigenvalue weighted by atomic mass is 10.2. The molecule has 0 atom stereocenters. The van der Waals surface area contributed by atoms with Crippen molar-refractivity contribution in [1.29, 1.82) is 0 Å². The summed E-state index contributed by atoms with van der Waals surface area (Å²) in [4.78, 5) is 24.8. The summed E-state index contributed by atoms with van der Waals surface area (Å²) in [5, 5.41) is 0. The van der Waals surface area contributed by atoms with Gasteiger partial charge in [-0.3, -0.25) is 20.4 Å². The molecule has 0 spiro atoms. The van der Waals surface area contributed by atoms with Crippen molar-refractivity contribution in [3.05, 3.63) is 95.6 Å². The molecule has 0 aliphatic carbocycles. The normalized spacial score (nSPS) is 10.2. The summed E-state index contributed by atoms with van der Waals surface area (Å²) >= 11 is 0. The van der Waals surface area contributed by atoms with Crippen molar-refractivity contribution < 1.29 is 23.8 Å². The van der Waals surface area contributed by atoms with Gasteiger partial charge in [0.25, 0.3) is 11.8 Å². The lowest BCUT2D eigenvalue weighted by Crippen LogP contribution is -2.41. The molecule has 0 aliphatic heterocycles. The van der Waals surface area contributed by atoms with Crippen molar-refractivity contribution in [2.75, 3.05) is 20.3 Å². The monoisotopic (exact) mass is 420 g/mol. The highest BCUT2D eigenvalue weighted by atomic mass is 16.5. The second-order valence-electron chi connectivity index (χ2n) is 6.54. The molecule has 3 aromatic carbocycles. The Hall–Kier alpha value is -3.84. The Labute approximate surface area is 180 Å². The number of benzene rings is 3. The van der Waals surface area contributed by atoms with Crippen molar-refractivity contribution in [3.8, 4) is 11.5 Å². The fourth-order valence-corrected chi connectivity index (χ4v) is 2.71. The molecule has 0 aliphatic rings. The Balaban J connectivity index is 1.52. The highest BCUT2D eigenvalue weighted by Crippen LogP contribution is 2.18. The average Bonchev–Trinajstić information content (AvgIpc) is 2.82. The zero-order chi connectivity index (χ0) is 21.9. The molecule has 0 radical (unpaired) electrons. The number of rotatable bonds is 9. The minimum atomic E-state index is -0.482. The average molecular weight is 420 g/mol. The molecule has 0 bridgehead atoms. The van der Waals surface area contributed by atoms with Gasteiger partial charge in [-0.1, -0.05) is 42.5 Å². The van der Waals surface area contributed by atoms with Gasteiger partial charge < -0.3 is 14.2 Å². The first-order valence-corrected chi connectivity index (χ1v) is 9.75. The van der Waals surface area contributed by atoms with Crippen LogP contribution in [0, 0.1) is 0 Å². The molecule has 160 valence electrons. The van der Waals surface area contributed by atoms with Gasteiger partial charge in [0.15, 0.2) is 0 Å². The number of hydrogen-bond acceptors (Lipinski definition) is 5. The van der Waals surface area contributed by atoms with Crippen LogP contribution in [0.15, 0.2) is 78.9 Å². The zero-order valence-corrected chi connectivity index (χ0v) is 17.2. The van der Waals surface area contributed by atoms with E-state index in [1.165, 1.54) is 0 Å². The predicted molar refractivity (Wildman–Crippen MR) is 116 cm³/mol. The lowest BCUT2D eigenvalue weighted by molar-refractivity contribution is 0.0842. The molecule has 31 heavy (non-hydrogen) atoms. The van der Waals surface area contributed by atoms with Crippen LogP contribution < -0.4 is 20.3 Å². The smallest absolute Gasteiger partial charge is 0.273 e. The van der Waals surface area contributed by atoms with Crippen LogP contribution >= 0.6 is 0 Å². The Morgan fingerprint density at radius 2 is 1.42 bits per heavy atom. The third kappa shape index (κ3) is 6.58. The van der Waals surface area contributed by atoms with E-state index >= 15 is 0 Å². The van der Waals surface area contributed by atoms with Gasteiger partial charge in [-0.15, -0.1) is 0 Å². The first-order valence-electron chi connectivity index (χ1n) is 9.75. The molecule has 0 unspecified atom stereocenters. The summed E-state index contributed by atoms with van der Waals surface area (Å²) in [6.07, 6.45) is 0. The summed E-state index contributed by atoms with van der Waals surface area (Å²) in [6.45, 7) is 1.15. The standard InChI is InChI=1S/C24H24N2O5/c1-29-15-16-30-22-10-6-5-9-21(22)24(28)26-25-23(27)19-11-13-20(14-12-19)31-17-18-7-3-2-4-8-18/h2-14H,15-17H2,1H3,(H,25,27)(H,26,28). The van der Waals surface area contributed by atoms with Gasteiger partial charge in [-0.2, -0.15) is 0 Å². The largest absolute Gasteiger partial charge is 0.490 e. The van der Waals surface area contributed by atoms with Crippen LogP contribution in [0.25, 0.3) is 0 Å². The molecule has 0 saturated heterocycles. The van der Waals surface area contributed by atoms with Crippen molar-refractivity contribution in [2.24, 2.45) is 0 Å². The van der Waals surface area contributed by atoms with E-state index in [0.717, 1.165) is 5.56 Å². The summed E-state index contributed by atoms with van der Waals surface area (Å²) in [7, 11) is 1.57. The van der Waals surface area contributed by atoms with E-state index < -0.39 is 11.8 Å². The van der Waals surface area contributed by atoms with Gasteiger partial charge >= 0.3 is 0 Å². The maximum atomic E-state index is 12.5. The SMILES string of the molecule is COCCOc1ccccc1C(=O)NNC(=O)c1ccc(OCc2ccccc2)cc1. The quantitative estimate of drug-likeness (QED) is 0.410. The Kier molecular flexibility index (Phi) is 8.02. The molecule has 7 heteroatoms. The third-order valence-corrected chi connectivity index (χ3v) is 4.33. The molecule has 3 rings (SSSR count). The van der Waals surface area contributed by atoms with E-state index in [9.17, 15) is 9.59 Å². The molecule has 7 nitrogen and oxygen atoms in total. The molecular weight excluding hydrogens is 396 g/mol. The molecule has 2 N–H and O–H groups in total. The van der Waals surface area contributed by atoms with E-state index in [-0.39, 0.29) is 0 Å². The van der Waals surface area contributed by atoms with Gasteiger partial charge in [0.1, 0.15) is 24.7 Å². The number of amides is 2. The van der Waals surface area contributed by atoms with Crippen LogP contribution in [0.3, 0.4) is 0 Å². The van der Waals surface area contributed by atoms with Crippen LogP contribution in [0.1, 0.15) is 26.3 Å². The lowest BCUT2D eigenvalue weighted by Gasteiger charge is -2.12. The Bertz CT molecular complexity index is 990.